The van der Waals surface area contributed by atoms with Gasteiger partial charge in [0, 0.05) is 23.2 Å². The van der Waals surface area contributed by atoms with Gasteiger partial charge in [0.2, 0.25) is 0 Å². The van der Waals surface area contributed by atoms with E-state index >= 15 is 0 Å². The van der Waals surface area contributed by atoms with Gasteiger partial charge in [-0.15, -0.1) is 0 Å². The van der Waals surface area contributed by atoms with Crippen molar-refractivity contribution in [3.05, 3.63) is 106 Å². The van der Waals surface area contributed by atoms with Gasteiger partial charge >= 0.3 is 0 Å². The third kappa shape index (κ3) is 8.66. The Morgan fingerprint density at radius 3 is 2.35 bits per heavy atom. The molecular weight excluding hydrogens is 482 g/mol. The standard InChI is InChI=1S/C39H53N/c1-6-32(17-11-9-10-14-29(4)18-21-31-15-12-13-16-31)37(28-33(7-2)34-22-19-30(5)20-23-34)36-26-27-39(35-24-25-35)40-38(36)8-3/h6-7,11,14,17,19-20,22-23,26-27,31,35,37H,8-10,12-13,15-16,18,21,24-25,28H2,1-5H3/b17-11-,29-14?,32-6-,33-7-. The Hall–Kier alpha value is -2.67. The Bertz CT molecular complexity index is 1200. The minimum Gasteiger partial charge on any atom is -0.257 e. The number of hydrogen-bond donors (Lipinski definition) is 0. The predicted octanol–water partition coefficient (Wildman–Crippen LogP) is 11.6. The summed E-state index contributed by atoms with van der Waals surface area (Å²) in [5.41, 5.74) is 11.0. The van der Waals surface area contributed by atoms with Gasteiger partial charge in [0.05, 0.1) is 0 Å². The van der Waals surface area contributed by atoms with Crippen LogP contribution in [-0.2, 0) is 6.42 Å². The summed E-state index contributed by atoms with van der Waals surface area (Å²) in [6, 6.07) is 13.7. The molecule has 1 aromatic heterocycles. The van der Waals surface area contributed by atoms with Gasteiger partial charge in [-0.2, -0.15) is 0 Å². The van der Waals surface area contributed by atoms with Crippen LogP contribution in [0.25, 0.3) is 5.57 Å². The highest BCUT2D eigenvalue weighted by atomic mass is 14.7. The van der Waals surface area contributed by atoms with E-state index in [1.165, 1.54) is 90.6 Å². The summed E-state index contributed by atoms with van der Waals surface area (Å²) < 4.78 is 0. The van der Waals surface area contributed by atoms with Crippen molar-refractivity contribution >= 4 is 5.57 Å². The van der Waals surface area contributed by atoms with Gasteiger partial charge in [0.25, 0.3) is 0 Å². The monoisotopic (exact) mass is 535 g/mol. The van der Waals surface area contributed by atoms with Crippen LogP contribution in [0.5, 0.6) is 0 Å². The number of pyridine rings is 1. The topological polar surface area (TPSA) is 12.9 Å². The van der Waals surface area contributed by atoms with Crippen LogP contribution in [0.15, 0.2) is 77.9 Å². The molecule has 0 amide bonds. The van der Waals surface area contributed by atoms with Crippen LogP contribution in [0.1, 0.15) is 138 Å². The van der Waals surface area contributed by atoms with E-state index in [4.69, 9.17) is 4.98 Å². The summed E-state index contributed by atoms with van der Waals surface area (Å²) >= 11 is 0. The van der Waals surface area contributed by atoms with Gasteiger partial charge in [-0.25, -0.2) is 0 Å². The summed E-state index contributed by atoms with van der Waals surface area (Å²) in [6.07, 6.45) is 27.2. The zero-order valence-electron chi connectivity index (χ0n) is 26.0. The number of unbranched alkanes of at least 4 members (excludes halogenated alkanes) is 1. The van der Waals surface area contributed by atoms with E-state index in [0.29, 0.717) is 11.8 Å². The minimum absolute atomic E-state index is 0.299. The van der Waals surface area contributed by atoms with Crippen LogP contribution < -0.4 is 0 Å². The van der Waals surface area contributed by atoms with Gasteiger partial charge in [0.15, 0.2) is 0 Å². The lowest BCUT2D eigenvalue weighted by atomic mass is 9.81. The SMILES string of the molecule is C/C=C(/CC(C(/C=C\CCC=C(C)CCC1CCCC1)=C\C)c1ccc(C2CC2)nc1CC)c1ccc(C)cc1. The largest absolute Gasteiger partial charge is 0.257 e. The van der Waals surface area contributed by atoms with Crippen molar-refractivity contribution in [2.45, 2.75) is 124 Å². The Morgan fingerprint density at radius 1 is 0.950 bits per heavy atom. The first-order valence-corrected chi connectivity index (χ1v) is 16.2. The van der Waals surface area contributed by atoms with Gasteiger partial charge in [-0.1, -0.05) is 104 Å². The summed E-state index contributed by atoms with van der Waals surface area (Å²) in [5.74, 6) is 1.97. The summed E-state index contributed by atoms with van der Waals surface area (Å²) in [6.45, 7) is 11.2. The molecular formula is C39H53N. The molecule has 0 spiro atoms. The molecule has 0 aliphatic heterocycles. The Labute approximate surface area is 245 Å². The molecule has 0 radical (unpaired) electrons. The number of allylic oxidation sites excluding steroid dienone is 8. The maximum atomic E-state index is 5.20. The zero-order chi connectivity index (χ0) is 28.3. The van der Waals surface area contributed by atoms with E-state index in [1.807, 2.05) is 0 Å². The normalized spacial score (nSPS) is 18.2. The molecule has 1 nitrogen and oxygen atoms in total. The molecule has 0 bridgehead atoms. The number of benzene rings is 1. The Kier molecular flexibility index (Phi) is 11.6. The van der Waals surface area contributed by atoms with Crippen molar-refractivity contribution < 1.29 is 0 Å². The van der Waals surface area contributed by atoms with E-state index < -0.39 is 0 Å². The molecule has 2 fully saturated rings. The second-order valence-corrected chi connectivity index (χ2v) is 12.3. The second kappa shape index (κ2) is 15.4. The van der Waals surface area contributed by atoms with Gasteiger partial charge in [-0.05, 0) is 113 Å². The van der Waals surface area contributed by atoms with Crippen molar-refractivity contribution in [2.75, 3.05) is 0 Å². The van der Waals surface area contributed by atoms with Crippen LogP contribution >= 0.6 is 0 Å². The van der Waals surface area contributed by atoms with E-state index in [0.717, 1.165) is 31.6 Å². The molecule has 0 N–H and O–H groups in total. The molecule has 2 saturated carbocycles. The first-order valence-electron chi connectivity index (χ1n) is 16.2. The molecule has 2 aliphatic carbocycles. The van der Waals surface area contributed by atoms with Crippen LogP contribution in [0.2, 0.25) is 0 Å². The Balaban J connectivity index is 1.50. The maximum absolute atomic E-state index is 5.20. The molecule has 0 saturated heterocycles. The lowest BCUT2D eigenvalue weighted by Crippen LogP contribution is -2.09. The molecule has 214 valence electrons. The molecule has 1 atom stereocenters. The Morgan fingerprint density at radius 2 is 1.70 bits per heavy atom. The van der Waals surface area contributed by atoms with Crippen LogP contribution in [0.3, 0.4) is 0 Å². The molecule has 40 heavy (non-hydrogen) atoms. The first-order chi connectivity index (χ1) is 19.5. The van der Waals surface area contributed by atoms with E-state index in [-0.39, 0.29) is 0 Å². The fraction of sp³-hybridized carbons (Fsp3) is 0.513. The number of aromatic nitrogens is 1. The van der Waals surface area contributed by atoms with Crippen molar-refractivity contribution in [1.82, 2.24) is 4.98 Å². The number of aryl methyl sites for hydroxylation is 2. The highest BCUT2D eigenvalue weighted by Crippen LogP contribution is 2.42. The highest BCUT2D eigenvalue weighted by molar-refractivity contribution is 5.67. The smallest absolute Gasteiger partial charge is 0.0442 e. The number of nitrogens with zero attached hydrogens (tertiary/aromatic N) is 1. The first kappa shape index (κ1) is 30.3. The van der Waals surface area contributed by atoms with E-state index in [1.54, 1.807) is 5.57 Å². The van der Waals surface area contributed by atoms with Crippen molar-refractivity contribution in [2.24, 2.45) is 5.92 Å². The van der Waals surface area contributed by atoms with Gasteiger partial charge in [-0.3, -0.25) is 4.98 Å². The number of rotatable bonds is 14. The maximum Gasteiger partial charge on any atom is 0.0442 e. The van der Waals surface area contributed by atoms with Crippen molar-refractivity contribution in [3.63, 3.8) is 0 Å². The quantitative estimate of drug-likeness (QED) is 0.133. The molecule has 1 aromatic carbocycles. The molecule has 4 rings (SSSR count). The molecule has 1 heteroatoms. The average molecular weight is 536 g/mol. The van der Waals surface area contributed by atoms with Crippen LogP contribution in [0, 0.1) is 12.8 Å². The predicted molar refractivity (Wildman–Crippen MR) is 175 cm³/mol. The minimum atomic E-state index is 0.299. The van der Waals surface area contributed by atoms with E-state index in [2.05, 4.69) is 101 Å². The van der Waals surface area contributed by atoms with Crippen LogP contribution in [0.4, 0.5) is 0 Å². The lowest BCUT2D eigenvalue weighted by molar-refractivity contribution is 0.502. The number of hydrogen-bond acceptors (Lipinski definition) is 1. The third-order valence-electron chi connectivity index (χ3n) is 9.23. The van der Waals surface area contributed by atoms with Gasteiger partial charge in [0.1, 0.15) is 0 Å². The van der Waals surface area contributed by atoms with Crippen molar-refractivity contribution in [3.8, 4) is 0 Å². The highest BCUT2D eigenvalue weighted by Gasteiger charge is 2.27. The molecule has 2 aliphatic rings. The second-order valence-electron chi connectivity index (χ2n) is 12.3. The zero-order valence-corrected chi connectivity index (χ0v) is 26.0. The fourth-order valence-corrected chi connectivity index (χ4v) is 6.43. The lowest BCUT2D eigenvalue weighted by Gasteiger charge is -2.24. The summed E-state index contributed by atoms with van der Waals surface area (Å²) in [7, 11) is 0. The molecule has 1 heterocycles. The van der Waals surface area contributed by atoms with Gasteiger partial charge < -0.3 is 0 Å². The molecule has 1 unspecified atom stereocenters. The fourth-order valence-electron chi connectivity index (χ4n) is 6.43. The summed E-state index contributed by atoms with van der Waals surface area (Å²) in [5, 5.41) is 0. The third-order valence-corrected chi connectivity index (χ3v) is 9.23. The van der Waals surface area contributed by atoms with Crippen molar-refractivity contribution in [1.29, 1.82) is 0 Å². The molecule has 2 aromatic rings. The van der Waals surface area contributed by atoms with Crippen LogP contribution in [-0.4, -0.2) is 4.98 Å². The average Bonchev–Trinajstić information content (AvgIpc) is 3.70. The van der Waals surface area contributed by atoms with E-state index in [9.17, 15) is 0 Å². The summed E-state index contributed by atoms with van der Waals surface area (Å²) in [4.78, 5) is 5.20.